The van der Waals surface area contributed by atoms with Gasteiger partial charge in [0.2, 0.25) is 0 Å². The molecule has 0 unspecified atom stereocenters. The van der Waals surface area contributed by atoms with E-state index in [1.54, 1.807) is 49.4 Å². The fourth-order valence-corrected chi connectivity index (χ4v) is 2.63. The van der Waals surface area contributed by atoms with Crippen LogP contribution in [0, 0.1) is 0 Å². The van der Waals surface area contributed by atoms with Gasteiger partial charge in [-0.3, -0.25) is 9.59 Å². The van der Waals surface area contributed by atoms with Crippen molar-refractivity contribution in [2.45, 2.75) is 13.5 Å². The van der Waals surface area contributed by atoms with Crippen molar-refractivity contribution in [3.63, 3.8) is 0 Å². The molecule has 1 aliphatic carbocycles. The van der Waals surface area contributed by atoms with Crippen molar-refractivity contribution < 1.29 is 23.9 Å². The normalized spacial score (nSPS) is 12.5. The molecule has 5 nitrogen and oxygen atoms in total. The summed E-state index contributed by atoms with van der Waals surface area (Å²) in [6.45, 7) is 2.15. The number of carbonyl (C=O) groups excluding carboxylic acids is 3. The van der Waals surface area contributed by atoms with Crippen molar-refractivity contribution in [2.75, 3.05) is 13.2 Å². The molecule has 2 aromatic rings. The number of hydrogen-bond donors (Lipinski definition) is 0. The predicted octanol–water partition coefficient (Wildman–Crippen LogP) is 2.54. The van der Waals surface area contributed by atoms with Gasteiger partial charge in [0.1, 0.15) is 13.2 Å². The molecule has 0 heterocycles. The summed E-state index contributed by atoms with van der Waals surface area (Å²) in [4.78, 5) is 36.6. The summed E-state index contributed by atoms with van der Waals surface area (Å²) >= 11 is 0. The third-order valence-electron chi connectivity index (χ3n) is 3.81. The van der Waals surface area contributed by atoms with Crippen molar-refractivity contribution in [3.05, 3.63) is 70.3 Å². The smallest absolute Gasteiger partial charge is 0.332 e. The van der Waals surface area contributed by atoms with Gasteiger partial charge in [0.15, 0.2) is 11.6 Å². The lowest BCUT2D eigenvalue weighted by Crippen LogP contribution is -2.21. The van der Waals surface area contributed by atoms with Crippen LogP contribution in [0.3, 0.4) is 0 Å². The highest BCUT2D eigenvalue weighted by Crippen LogP contribution is 2.28. The highest BCUT2D eigenvalue weighted by molar-refractivity contribution is 6.28. The lowest BCUT2D eigenvalue weighted by atomic mass is 9.83. The van der Waals surface area contributed by atoms with Crippen LogP contribution in [0.4, 0.5) is 0 Å². The van der Waals surface area contributed by atoms with Gasteiger partial charge in [0.25, 0.3) is 0 Å². The Morgan fingerprint density at radius 2 is 1.54 bits per heavy atom. The van der Waals surface area contributed by atoms with E-state index in [0.29, 0.717) is 34.4 Å². The molecule has 1 aliphatic rings. The summed E-state index contributed by atoms with van der Waals surface area (Å²) in [6.07, 6.45) is 0. The third kappa shape index (κ3) is 2.98. The van der Waals surface area contributed by atoms with Crippen molar-refractivity contribution in [2.24, 2.45) is 0 Å². The Labute approximate surface area is 139 Å². The summed E-state index contributed by atoms with van der Waals surface area (Å²) in [6, 6.07) is 11.7. The van der Waals surface area contributed by atoms with E-state index in [0.717, 1.165) is 0 Å². The molecule has 24 heavy (non-hydrogen) atoms. The van der Waals surface area contributed by atoms with E-state index >= 15 is 0 Å². The van der Waals surface area contributed by atoms with Gasteiger partial charge in [-0.2, -0.15) is 0 Å². The maximum absolute atomic E-state index is 12.6. The molecule has 2 aromatic carbocycles. The molecule has 0 aliphatic heterocycles. The molecule has 0 atom stereocenters. The van der Waals surface area contributed by atoms with E-state index in [1.807, 2.05) is 0 Å². The van der Waals surface area contributed by atoms with Crippen LogP contribution >= 0.6 is 0 Å². The van der Waals surface area contributed by atoms with Crippen LogP contribution in [0.5, 0.6) is 0 Å². The van der Waals surface area contributed by atoms with E-state index in [9.17, 15) is 14.4 Å². The number of ketones is 2. The topological polar surface area (TPSA) is 69.7 Å². The molecule has 0 saturated heterocycles. The summed E-state index contributed by atoms with van der Waals surface area (Å²) < 4.78 is 10.1. The zero-order valence-electron chi connectivity index (χ0n) is 13.2. The number of benzene rings is 2. The number of fused-ring (bicyclic) bond motifs is 2. The molecule has 0 spiro atoms. The molecular weight excluding hydrogens is 308 g/mol. The highest BCUT2D eigenvalue weighted by atomic mass is 16.6. The Kier molecular flexibility index (Phi) is 4.53. The Bertz CT molecular complexity index is 822. The van der Waals surface area contributed by atoms with Gasteiger partial charge >= 0.3 is 5.97 Å². The molecule has 0 fully saturated rings. The van der Waals surface area contributed by atoms with Crippen molar-refractivity contribution >= 4 is 17.5 Å². The molecule has 122 valence electrons. The van der Waals surface area contributed by atoms with Crippen molar-refractivity contribution in [1.82, 2.24) is 0 Å². The first-order valence-electron chi connectivity index (χ1n) is 7.66. The van der Waals surface area contributed by atoms with E-state index in [2.05, 4.69) is 0 Å². The number of esters is 1. The van der Waals surface area contributed by atoms with Crippen LogP contribution in [0.25, 0.3) is 0 Å². The van der Waals surface area contributed by atoms with Crippen molar-refractivity contribution in [1.29, 1.82) is 0 Å². The molecular formula is C19H16O5. The summed E-state index contributed by atoms with van der Waals surface area (Å²) in [5.41, 5.74) is 2.20. The number of rotatable bonds is 5. The van der Waals surface area contributed by atoms with Gasteiger partial charge in [-0.15, -0.1) is 0 Å². The highest BCUT2D eigenvalue weighted by Gasteiger charge is 2.29. The minimum Gasteiger partial charge on any atom is -0.459 e. The van der Waals surface area contributed by atoms with E-state index < -0.39 is 5.97 Å². The van der Waals surface area contributed by atoms with Crippen molar-refractivity contribution in [3.8, 4) is 0 Å². The first kappa shape index (κ1) is 16.1. The van der Waals surface area contributed by atoms with Crippen LogP contribution in [-0.2, 0) is 20.9 Å². The van der Waals surface area contributed by atoms with Gasteiger partial charge in [-0.25, -0.2) is 4.79 Å². The minimum atomic E-state index is -0.470. The SMILES string of the molecule is CCOCC(=O)OCc1ccc2c(c1)C(=O)c1ccccc1C2=O. The lowest BCUT2D eigenvalue weighted by Gasteiger charge is -2.18. The maximum atomic E-state index is 12.6. The monoisotopic (exact) mass is 324 g/mol. The summed E-state index contributed by atoms with van der Waals surface area (Å²) in [5, 5.41) is 0. The fourth-order valence-electron chi connectivity index (χ4n) is 2.63. The standard InChI is InChI=1S/C19H16O5/c1-2-23-11-17(20)24-10-12-7-8-15-16(9-12)19(22)14-6-4-3-5-13(14)18(15)21/h3-9H,2,10-11H2,1H3. The van der Waals surface area contributed by atoms with Gasteiger partial charge in [0.05, 0.1) is 0 Å². The lowest BCUT2D eigenvalue weighted by molar-refractivity contribution is -0.150. The second-order valence-corrected chi connectivity index (χ2v) is 5.38. The average Bonchev–Trinajstić information content (AvgIpc) is 2.62. The quantitative estimate of drug-likeness (QED) is 0.675. The zero-order chi connectivity index (χ0) is 17.1. The number of carbonyl (C=O) groups is 3. The van der Waals surface area contributed by atoms with E-state index in [-0.39, 0.29) is 24.8 Å². The number of ether oxygens (including phenoxy) is 2. The Morgan fingerprint density at radius 3 is 2.21 bits per heavy atom. The fraction of sp³-hybridized carbons (Fsp3) is 0.211. The predicted molar refractivity (Wildman–Crippen MR) is 86.0 cm³/mol. The molecule has 0 bridgehead atoms. The van der Waals surface area contributed by atoms with Crippen LogP contribution in [0.15, 0.2) is 42.5 Å². The molecule has 5 heteroatoms. The summed E-state index contributed by atoms with van der Waals surface area (Å²) in [7, 11) is 0. The minimum absolute atomic E-state index is 0.0301. The Hall–Kier alpha value is -2.79. The third-order valence-corrected chi connectivity index (χ3v) is 3.81. The molecule has 0 radical (unpaired) electrons. The molecule has 0 N–H and O–H groups in total. The van der Waals surface area contributed by atoms with Crippen LogP contribution in [0.2, 0.25) is 0 Å². The summed E-state index contributed by atoms with van der Waals surface area (Å²) in [5.74, 6) is -0.829. The molecule has 0 saturated carbocycles. The molecule has 0 aromatic heterocycles. The van der Waals surface area contributed by atoms with Gasteiger partial charge in [-0.1, -0.05) is 30.3 Å². The van der Waals surface area contributed by atoms with E-state index in [4.69, 9.17) is 9.47 Å². The van der Waals surface area contributed by atoms with Gasteiger partial charge < -0.3 is 9.47 Å². The second-order valence-electron chi connectivity index (χ2n) is 5.38. The first-order valence-corrected chi connectivity index (χ1v) is 7.66. The van der Waals surface area contributed by atoms with Crippen LogP contribution < -0.4 is 0 Å². The van der Waals surface area contributed by atoms with Gasteiger partial charge in [-0.05, 0) is 24.6 Å². The first-order chi connectivity index (χ1) is 11.6. The Balaban J connectivity index is 1.82. The van der Waals surface area contributed by atoms with Crippen LogP contribution in [0.1, 0.15) is 44.3 Å². The maximum Gasteiger partial charge on any atom is 0.332 e. The second kappa shape index (κ2) is 6.76. The number of hydrogen-bond acceptors (Lipinski definition) is 5. The van der Waals surface area contributed by atoms with Gasteiger partial charge in [0, 0.05) is 28.9 Å². The Morgan fingerprint density at radius 1 is 0.917 bits per heavy atom. The van der Waals surface area contributed by atoms with E-state index in [1.165, 1.54) is 0 Å². The van der Waals surface area contributed by atoms with Crippen LogP contribution in [-0.4, -0.2) is 30.7 Å². The molecule has 3 rings (SSSR count). The largest absolute Gasteiger partial charge is 0.459 e. The average molecular weight is 324 g/mol. The zero-order valence-corrected chi connectivity index (χ0v) is 13.2. The molecule has 0 amide bonds.